The lowest BCUT2D eigenvalue weighted by molar-refractivity contribution is 0.0750. The lowest BCUT2D eigenvalue weighted by atomic mass is 9.85. The Balaban J connectivity index is 1.70. The highest BCUT2D eigenvalue weighted by Gasteiger charge is 2.26. The van der Waals surface area contributed by atoms with Crippen molar-refractivity contribution in [1.29, 1.82) is 0 Å². The predicted molar refractivity (Wildman–Crippen MR) is 99.6 cm³/mol. The van der Waals surface area contributed by atoms with Crippen LogP contribution < -0.4 is 0 Å². The molecule has 0 radical (unpaired) electrons. The molecule has 128 valence electrons. The third-order valence-corrected chi connectivity index (χ3v) is 5.76. The highest BCUT2D eigenvalue weighted by Crippen LogP contribution is 2.35. The molecule has 1 saturated carbocycles. The highest BCUT2D eigenvalue weighted by molar-refractivity contribution is 7.17. The molecular weight excluding hydrogens is 332 g/mol. The Hall–Kier alpha value is -2.40. The van der Waals surface area contributed by atoms with Gasteiger partial charge in [0.25, 0.3) is 5.91 Å². The van der Waals surface area contributed by atoms with Crippen molar-refractivity contribution in [2.24, 2.45) is 5.92 Å². The molecule has 3 aromatic rings. The van der Waals surface area contributed by atoms with Gasteiger partial charge in [0.2, 0.25) is 0 Å². The van der Waals surface area contributed by atoms with Crippen molar-refractivity contribution in [3.63, 3.8) is 0 Å². The van der Waals surface area contributed by atoms with Gasteiger partial charge in [0.1, 0.15) is 4.88 Å². The molecule has 0 aliphatic heterocycles. The molecule has 2 heterocycles. The normalized spacial score (nSPS) is 14.3. The van der Waals surface area contributed by atoms with Crippen molar-refractivity contribution >= 4 is 17.2 Å². The van der Waals surface area contributed by atoms with Gasteiger partial charge in [-0.25, -0.2) is 4.98 Å². The maximum absolute atomic E-state index is 13.1. The zero-order valence-corrected chi connectivity index (χ0v) is 15.0. The largest absolute Gasteiger partial charge is 0.462 e. The number of thiazole rings is 1. The Kier molecular flexibility index (Phi) is 4.40. The van der Waals surface area contributed by atoms with E-state index in [0.717, 1.165) is 22.8 Å². The highest BCUT2D eigenvalue weighted by atomic mass is 32.1. The van der Waals surface area contributed by atoms with Crippen LogP contribution in [-0.2, 0) is 0 Å². The molecule has 1 fully saturated rings. The van der Waals surface area contributed by atoms with E-state index in [-0.39, 0.29) is 5.91 Å². The molecule has 1 aliphatic rings. The molecule has 25 heavy (non-hydrogen) atoms. The number of aromatic nitrogens is 1. The smallest absolute Gasteiger partial charge is 0.266 e. The van der Waals surface area contributed by atoms with Crippen molar-refractivity contribution in [1.82, 2.24) is 9.88 Å². The van der Waals surface area contributed by atoms with Crippen molar-refractivity contribution in [2.45, 2.75) is 19.3 Å². The Morgan fingerprint density at radius 3 is 2.68 bits per heavy atom. The molecule has 4 nitrogen and oxygen atoms in total. The lowest BCUT2D eigenvalue weighted by Gasteiger charge is -2.30. The number of hydrogen-bond donors (Lipinski definition) is 0. The van der Waals surface area contributed by atoms with Gasteiger partial charge in [-0.05, 0) is 30.9 Å². The number of hydrogen-bond acceptors (Lipinski definition) is 4. The molecule has 0 atom stereocenters. The van der Waals surface area contributed by atoms with Crippen molar-refractivity contribution in [2.75, 3.05) is 13.6 Å². The molecule has 1 aliphatic carbocycles. The summed E-state index contributed by atoms with van der Waals surface area (Å²) in [5.41, 5.74) is 1.69. The van der Waals surface area contributed by atoms with E-state index in [2.05, 4.69) is 0 Å². The maximum atomic E-state index is 13.1. The summed E-state index contributed by atoms with van der Waals surface area (Å²) in [6, 6.07) is 13.6. The predicted octanol–water partition coefficient (Wildman–Crippen LogP) is 4.94. The summed E-state index contributed by atoms with van der Waals surface area (Å²) in [6.07, 6.45) is 5.36. The number of amides is 1. The second-order valence-electron chi connectivity index (χ2n) is 6.52. The second kappa shape index (κ2) is 6.84. The molecule has 0 saturated heterocycles. The number of rotatable bonds is 5. The summed E-state index contributed by atoms with van der Waals surface area (Å²) in [5.74, 6) is 1.38. The molecule has 4 rings (SSSR count). The van der Waals surface area contributed by atoms with Gasteiger partial charge >= 0.3 is 0 Å². The van der Waals surface area contributed by atoms with Crippen LogP contribution in [0.3, 0.4) is 0 Å². The molecule has 1 aromatic carbocycles. The fourth-order valence-corrected chi connectivity index (χ4v) is 4.13. The van der Waals surface area contributed by atoms with E-state index in [0.29, 0.717) is 16.6 Å². The van der Waals surface area contributed by atoms with Gasteiger partial charge in [0, 0.05) is 19.2 Å². The van der Waals surface area contributed by atoms with Gasteiger partial charge < -0.3 is 9.32 Å². The third kappa shape index (κ3) is 3.24. The fraction of sp³-hybridized carbons (Fsp3) is 0.300. The average Bonchev–Trinajstić information content (AvgIpc) is 3.27. The molecule has 1 amide bonds. The van der Waals surface area contributed by atoms with Crippen LogP contribution in [0.25, 0.3) is 22.0 Å². The van der Waals surface area contributed by atoms with Crippen LogP contribution in [0.2, 0.25) is 0 Å². The van der Waals surface area contributed by atoms with Crippen molar-refractivity contribution in [3.05, 3.63) is 53.6 Å². The Labute approximate surface area is 151 Å². The molecule has 0 bridgehead atoms. The van der Waals surface area contributed by atoms with Gasteiger partial charge in [-0.2, -0.15) is 0 Å². The van der Waals surface area contributed by atoms with Crippen molar-refractivity contribution in [3.8, 4) is 22.0 Å². The number of furan rings is 1. The van der Waals surface area contributed by atoms with E-state index in [9.17, 15) is 4.79 Å². The summed E-state index contributed by atoms with van der Waals surface area (Å²) in [7, 11) is 1.89. The summed E-state index contributed by atoms with van der Waals surface area (Å²) >= 11 is 1.41. The first kappa shape index (κ1) is 16.1. The first-order valence-electron chi connectivity index (χ1n) is 8.58. The number of carbonyl (C=O) groups is 1. The van der Waals surface area contributed by atoms with Crippen LogP contribution in [-0.4, -0.2) is 29.4 Å². The summed E-state index contributed by atoms with van der Waals surface area (Å²) in [4.78, 5) is 20.3. The van der Waals surface area contributed by atoms with E-state index in [1.165, 1.54) is 30.6 Å². The first-order valence-corrected chi connectivity index (χ1v) is 9.39. The summed E-state index contributed by atoms with van der Waals surface area (Å²) in [5, 5.41) is 0.740. The maximum Gasteiger partial charge on any atom is 0.266 e. The zero-order chi connectivity index (χ0) is 17.2. The SMILES string of the molecule is CN(CC1CCC1)C(=O)c1sc(-c2ccco2)nc1-c1ccccc1. The number of benzene rings is 1. The van der Waals surface area contributed by atoms with E-state index < -0.39 is 0 Å². The van der Waals surface area contributed by atoms with Crippen LogP contribution in [0.5, 0.6) is 0 Å². The molecule has 5 heteroatoms. The Morgan fingerprint density at radius 2 is 2.04 bits per heavy atom. The second-order valence-corrected chi connectivity index (χ2v) is 7.52. The van der Waals surface area contributed by atoms with E-state index in [1.807, 2.05) is 54.4 Å². The van der Waals surface area contributed by atoms with Crippen LogP contribution in [0.1, 0.15) is 28.9 Å². The molecule has 2 aromatic heterocycles. The van der Waals surface area contributed by atoms with Gasteiger partial charge in [0.05, 0.1) is 12.0 Å². The van der Waals surface area contributed by atoms with Gasteiger partial charge in [0.15, 0.2) is 10.8 Å². The Bertz CT molecular complexity index is 851. The lowest BCUT2D eigenvalue weighted by Crippen LogP contribution is -2.34. The van der Waals surface area contributed by atoms with Crippen LogP contribution in [0.4, 0.5) is 0 Å². The van der Waals surface area contributed by atoms with E-state index in [1.54, 1.807) is 6.26 Å². The van der Waals surface area contributed by atoms with Crippen LogP contribution in [0.15, 0.2) is 53.1 Å². The van der Waals surface area contributed by atoms with E-state index >= 15 is 0 Å². The van der Waals surface area contributed by atoms with Crippen LogP contribution in [0, 0.1) is 5.92 Å². The van der Waals surface area contributed by atoms with Gasteiger partial charge in [-0.1, -0.05) is 36.8 Å². The van der Waals surface area contributed by atoms with Gasteiger partial charge in [-0.15, -0.1) is 11.3 Å². The standard InChI is InChI=1S/C20H20N2O2S/c1-22(13-14-7-5-8-14)20(23)18-17(15-9-3-2-4-10-15)21-19(25-18)16-11-6-12-24-16/h2-4,6,9-12,14H,5,7-8,13H2,1H3. The molecule has 0 spiro atoms. The number of carbonyl (C=O) groups excluding carboxylic acids is 1. The Morgan fingerprint density at radius 1 is 1.24 bits per heavy atom. The monoisotopic (exact) mass is 352 g/mol. The quantitative estimate of drug-likeness (QED) is 0.653. The minimum absolute atomic E-state index is 0.0426. The first-order chi connectivity index (χ1) is 12.2. The van der Waals surface area contributed by atoms with Crippen LogP contribution >= 0.6 is 11.3 Å². The number of nitrogens with zero attached hydrogens (tertiary/aromatic N) is 2. The molecule has 0 unspecified atom stereocenters. The minimum atomic E-state index is 0.0426. The van der Waals surface area contributed by atoms with Crippen molar-refractivity contribution < 1.29 is 9.21 Å². The summed E-state index contributed by atoms with van der Waals surface area (Å²) in [6.45, 7) is 0.820. The third-order valence-electron chi connectivity index (χ3n) is 4.70. The molecular formula is C20H20N2O2S. The fourth-order valence-electron chi connectivity index (χ4n) is 3.08. The average molecular weight is 352 g/mol. The summed E-state index contributed by atoms with van der Waals surface area (Å²) < 4.78 is 5.48. The molecule has 0 N–H and O–H groups in total. The zero-order valence-electron chi connectivity index (χ0n) is 14.1. The van der Waals surface area contributed by atoms with Gasteiger partial charge in [-0.3, -0.25) is 4.79 Å². The van der Waals surface area contributed by atoms with E-state index in [4.69, 9.17) is 9.40 Å². The minimum Gasteiger partial charge on any atom is -0.462 e. The topological polar surface area (TPSA) is 46.3 Å².